The Balaban J connectivity index is 1.68. The molecule has 1 aromatic heterocycles. The zero-order valence-electron chi connectivity index (χ0n) is 14.1. The Bertz CT molecular complexity index is 1000. The monoisotopic (exact) mass is 356 g/mol. The molecule has 5 nitrogen and oxygen atoms in total. The minimum atomic E-state index is -3.21. The normalized spacial score (nSPS) is 12.9. The molecule has 0 unspecified atom stereocenters. The second kappa shape index (κ2) is 6.72. The molecule has 1 heterocycles. The number of hydrogen-bond donors (Lipinski definition) is 1. The van der Waals surface area contributed by atoms with E-state index in [2.05, 4.69) is 5.32 Å². The number of amides is 1. The van der Waals surface area contributed by atoms with Crippen molar-refractivity contribution in [3.8, 4) is 0 Å². The number of nitrogens with zero attached hydrogens (tertiary/aromatic N) is 1. The lowest BCUT2D eigenvalue weighted by atomic mass is 10.1. The van der Waals surface area contributed by atoms with E-state index in [1.165, 1.54) is 6.26 Å². The second-order valence-corrected chi connectivity index (χ2v) is 8.15. The Morgan fingerprint density at radius 3 is 2.44 bits per heavy atom. The lowest BCUT2D eigenvalue weighted by Crippen LogP contribution is -2.29. The fraction of sp³-hybridized carbons (Fsp3) is 0.211. The molecule has 3 rings (SSSR count). The van der Waals surface area contributed by atoms with Gasteiger partial charge in [0, 0.05) is 18.0 Å². The van der Waals surface area contributed by atoms with E-state index in [1.54, 1.807) is 24.3 Å². The predicted octanol–water partition coefficient (Wildman–Crippen LogP) is 2.92. The molecule has 0 fully saturated rings. The third-order valence-corrected chi connectivity index (χ3v) is 5.31. The first kappa shape index (κ1) is 17.2. The highest BCUT2D eigenvalue weighted by atomic mass is 32.2. The summed E-state index contributed by atoms with van der Waals surface area (Å²) in [5.41, 5.74) is 1.88. The van der Waals surface area contributed by atoms with Crippen molar-refractivity contribution in [2.24, 2.45) is 0 Å². The molecule has 0 saturated heterocycles. The minimum Gasteiger partial charge on any atom is -0.348 e. The van der Waals surface area contributed by atoms with Gasteiger partial charge in [-0.3, -0.25) is 4.79 Å². The van der Waals surface area contributed by atoms with Crippen LogP contribution in [0.4, 0.5) is 0 Å². The Labute approximate surface area is 147 Å². The van der Waals surface area contributed by atoms with Gasteiger partial charge in [0.15, 0.2) is 9.84 Å². The van der Waals surface area contributed by atoms with Gasteiger partial charge in [-0.2, -0.15) is 0 Å². The maximum absolute atomic E-state index is 12.3. The van der Waals surface area contributed by atoms with Crippen LogP contribution < -0.4 is 5.32 Å². The summed E-state index contributed by atoms with van der Waals surface area (Å²) in [5.74, 6) is -0.0963. The number of benzene rings is 2. The first-order valence-corrected chi connectivity index (χ1v) is 9.87. The van der Waals surface area contributed by atoms with Crippen LogP contribution in [0.2, 0.25) is 0 Å². The molecule has 1 amide bonds. The quantitative estimate of drug-likeness (QED) is 0.764. The molecule has 0 bridgehead atoms. The molecule has 0 saturated carbocycles. The van der Waals surface area contributed by atoms with Gasteiger partial charge in [-0.1, -0.05) is 30.3 Å². The molecule has 3 aromatic rings. The molecule has 0 aliphatic rings. The molecule has 130 valence electrons. The Morgan fingerprint density at radius 2 is 1.76 bits per heavy atom. The fourth-order valence-electron chi connectivity index (χ4n) is 2.81. The molecule has 1 atom stereocenters. The summed E-state index contributed by atoms with van der Waals surface area (Å²) >= 11 is 0. The van der Waals surface area contributed by atoms with E-state index in [1.807, 2.05) is 48.0 Å². The maximum atomic E-state index is 12.3. The number of carbonyl (C=O) groups is 1. The summed E-state index contributed by atoms with van der Waals surface area (Å²) in [6, 6.07) is 16.3. The topological polar surface area (TPSA) is 68.2 Å². The first-order chi connectivity index (χ1) is 11.8. The minimum absolute atomic E-state index is 0.0963. The smallest absolute Gasteiger partial charge is 0.240 e. The van der Waals surface area contributed by atoms with E-state index in [9.17, 15) is 13.2 Å². The summed E-state index contributed by atoms with van der Waals surface area (Å²) in [6.45, 7) is 2.11. The molecule has 0 radical (unpaired) electrons. The number of sulfone groups is 1. The van der Waals surface area contributed by atoms with Crippen LogP contribution >= 0.6 is 0 Å². The van der Waals surface area contributed by atoms with Crippen LogP contribution in [-0.4, -0.2) is 25.1 Å². The van der Waals surface area contributed by atoms with Crippen molar-refractivity contribution >= 4 is 26.6 Å². The molecular weight excluding hydrogens is 336 g/mol. The van der Waals surface area contributed by atoms with Crippen LogP contribution in [0, 0.1) is 0 Å². The van der Waals surface area contributed by atoms with Crippen LogP contribution in [0.15, 0.2) is 65.7 Å². The zero-order chi connectivity index (χ0) is 18.0. The summed E-state index contributed by atoms with van der Waals surface area (Å²) in [4.78, 5) is 12.6. The maximum Gasteiger partial charge on any atom is 0.240 e. The molecule has 0 spiro atoms. The Hall–Kier alpha value is -2.60. The summed E-state index contributed by atoms with van der Waals surface area (Å²) in [5, 5.41) is 4.05. The number of aromatic nitrogens is 1. The third-order valence-electron chi connectivity index (χ3n) is 4.18. The zero-order valence-corrected chi connectivity index (χ0v) is 15.0. The summed E-state index contributed by atoms with van der Waals surface area (Å²) in [6.07, 6.45) is 3.07. The van der Waals surface area contributed by atoms with E-state index in [-0.39, 0.29) is 23.4 Å². The van der Waals surface area contributed by atoms with Crippen molar-refractivity contribution in [1.29, 1.82) is 0 Å². The third kappa shape index (κ3) is 3.91. The van der Waals surface area contributed by atoms with Crippen molar-refractivity contribution in [3.63, 3.8) is 0 Å². The lowest BCUT2D eigenvalue weighted by molar-refractivity contribution is -0.122. The number of carbonyl (C=O) groups excluding carboxylic acids is 1. The highest BCUT2D eigenvalue weighted by Gasteiger charge is 2.13. The van der Waals surface area contributed by atoms with Gasteiger partial charge in [0.05, 0.1) is 10.9 Å². The number of para-hydroxylation sites is 1. The number of fused-ring (bicyclic) bond motifs is 1. The Kier molecular flexibility index (Phi) is 4.63. The van der Waals surface area contributed by atoms with Crippen molar-refractivity contribution in [2.45, 2.75) is 24.4 Å². The van der Waals surface area contributed by atoms with Crippen LogP contribution in [0.1, 0.15) is 18.5 Å². The number of rotatable bonds is 5. The van der Waals surface area contributed by atoms with Crippen LogP contribution in [-0.2, 0) is 21.2 Å². The van der Waals surface area contributed by atoms with Crippen LogP contribution in [0.5, 0.6) is 0 Å². The van der Waals surface area contributed by atoms with Gasteiger partial charge in [-0.15, -0.1) is 0 Å². The van der Waals surface area contributed by atoms with Gasteiger partial charge in [0.25, 0.3) is 0 Å². The second-order valence-electron chi connectivity index (χ2n) is 6.13. The van der Waals surface area contributed by atoms with Gasteiger partial charge in [0.1, 0.15) is 6.54 Å². The van der Waals surface area contributed by atoms with Crippen molar-refractivity contribution in [1.82, 2.24) is 9.88 Å². The largest absolute Gasteiger partial charge is 0.348 e. The predicted molar refractivity (Wildman–Crippen MR) is 98.0 cm³/mol. The van der Waals surface area contributed by atoms with E-state index in [0.717, 1.165) is 16.5 Å². The fourth-order valence-corrected chi connectivity index (χ4v) is 3.44. The van der Waals surface area contributed by atoms with Gasteiger partial charge >= 0.3 is 0 Å². The van der Waals surface area contributed by atoms with Gasteiger partial charge in [0.2, 0.25) is 5.91 Å². The van der Waals surface area contributed by atoms with Crippen molar-refractivity contribution in [3.05, 3.63) is 66.4 Å². The van der Waals surface area contributed by atoms with E-state index < -0.39 is 9.84 Å². The first-order valence-electron chi connectivity index (χ1n) is 7.98. The molecule has 25 heavy (non-hydrogen) atoms. The standard InChI is InChI=1S/C19H20N2O3S/c1-14(15-7-9-17(10-8-15)25(2,23)24)20-19(22)13-21-12-11-16-5-3-4-6-18(16)21/h3-12,14H,13H2,1-2H3,(H,20,22)/t14-/m1/s1. The number of hydrogen-bond acceptors (Lipinski definition) is 3. The molecule has 2 aromatic carbocycles. The molecular formula is C19H20N2O3S. The van der Waals surface area contributed by atoms with Crippen molar-refractivity contribution in [2.75, 3.05) is 6.26 Å². The van der Waals surface area contributed by atoms with E-state index in [0.29, 0.717) is 0 Å². The SMILES string of the molecule is C[C@@H](NC(=O)Cn1ccc2ccccc21)c1ccc(S(C)(=O)=O)cc1. The summed E-state index contributed by atoms with van der Waals surface area (Å²) < 4.78 is 24.9. The van der Waals surface area contributed by atoms with Crippen LogP contribution in [0.25, 0.3) is 10.9 Å². The van der Waals surface area contributed by atoms with Crippen molar-refractivity contribution < 1.29 is 13.2 Å². The van der Waals surface area contributed by atoms with E-state index in [4.69, 9.17) is 0 Å². The van der Waals surface area contributed by atoms with Gasteiger partial charge in [-0.05, 0) is 42.1 Å². The number of nitrogens with one attached hydrogen (secondary N) is 1. The molecule has 0 aliphatic carbocycles. The highest BCUT2D eigenvalue weighted by molar-refractivity contribution is 7.90. The van der Waals surface area contributed by atoms with Gasteiger partial charge in [-0.25, -0.2) is 8.42 Å². The molecule has 1 N–H and O–H groups in total. The van der Waals surface area contributed by atoms with E-state index >= 15 is 0 Å². The average Bonchev–Trinajstić information content (AvgIpc) is 2.97. The van der Waals surface area contributed by atoms with Gasteiger partial charge < -0.3 is 9.88 Å². The Morgan fingerprint density at radius 1 is 1.08 bits per heavy atom. The highest BCUT2D eigenvalue weighted by Crippen LogP contribution is 2.17. The summed E-state index contributed by atoms with van der Waals surface area (Å²) in [7, 11) is -3.21. The molecule has 6 heteroatoms. The average molecular weight is 356 g/mol. The van der Waals surface area contributed by atoms with Crippen LogP contribution in [0.3, 0.4) is 0 Å². The molecule has 0 aliphatic heterocycles. The lowest BCUT2D eigenvalue weighted by Gasteiger charge is -2.15.